The lowest BCUT2D eigenvalue weighted by atomic mass is 10.0. The Balaban J connectivity index is 1.45. The van der Waals surface area contributed by atoms with Gasteiger partial charge in [0.05, 0.1) is 21.7 Å². The van der Waals surface area contributed by atoms with E-state index in [1.165, 1.54) is 30.7 Å². The first kappa shape index (κ1) is 24.8. The van der Waals surface area contributed by atoms with Gasteiger partial charge in [-0.1, -0.05) is 60.2 Å². The summed E-state index contributed by atoms with van der Waals surface area (Å²) in [7, 11) is 0. The van der Waals surface area contributed by atoms with Crippen LogP contribution in [0.25, 0.3) is 22.6 Å². The first-order valence-corrected chi connectivity index (χ1v) is 12.3. The standard InChI is InChI=1S/C30H25N3O5/c1-18-11-13-20(14-12-18)17-21-15-16-23-27(22-7-3-4-8-24(22)31-28(21)23)30(35)38-19(2)29(34)32-25-9-5-6-10-26(25)33(36)37/h3-14,17,19H,15-16H2,1-2H3,(H,32,34)/b21-17+. The maximum absolute atomic E-state index is 13.5. The molecular weight excluding hydrogens is 482 g/mol. The van der Waals surface area contributed by atoms with E-state index in [1.807, 2.05) is 43.3 Å². The van der Waals surface area contributed by atoms with E-state index in [1.54, 1.807) is 6.07 Å². The first-order valence-electron chi connectivity index (χ1n) is 12.3. The van der Waals surface area contributed by atoms with E-state index in [4.69, 9.17) is 9.72 Å². The third kappa shape index (κ3) is 4.88. The molecule has 1 N–H and O–H groups in total. The number of nitro groups is 1. The summed E-state index contributed by atoms with van der Waals surface area (Å²) in [5, 5.41) is 14.4. The predicted octanol–water partition coefficient (Wildman–Crippen LogP) is 6.12. The quantitative estimate of drug-likeness (QED) is 0.191. The number of rotatable bonds is 6. The summed E-state index contributed by atoms with van der Waals surface area (Å²) in [6.07, 6.45) is 2.24. The maximum atomic E-state index is 13.5. The number of carbonyl (C=O) groups is 2. The lowest BCUT2D eigenvalue weighted by Crippen LogP contribution is -2.30. The van der Waals surface area contributed by atoms with E-state index >= 15 is 0 Å². The first-order chi connectivity index (χ1) is 18.3. The zero-order valence-electron chi connectivity index (χ0n) is 20.9. The summed E-state index contributed by atoms with van der Waals surface area (Å²) < 4.78 is 5.60. The molecule has 1 aliphatic carbocycles. The van der Waals surface area contributed by atoms with Gasteiger partial charge < -0.3 is 10.1 Å². The Morgan fingerprint density at radius 2 is 1.74 bits per heavy atom. The van der Waals surface area contributed by atoms with Gasteiger partial charge in [-0.15, -0.1) is 0 Å². The minimum absolute atomic E-state index is 0.0338. The number of fused-ring (bicyclic) bond motifs is 2. The van der Waals surface area contributed by atoms with Crippen molar-refractivity contribution in [2.45, 2.75) is 32.8 Å². The number of esters is 1. The molecule has 4 aromatic rings. The van der Waals surface area contributed by atoms with Crippen LogP contribution in [0.2, 0.25) is 0 Å². The number of anilines is 1. The molecule has 0 radical (unpaired) electrons. The molecule has 0 fully saturated rings. The number of aryl methyl sites for hydroxylation is 1. The highest BCUT2D eigenvalue weighted by Gasteiger charge is 2.30. The fourth-order valence-corrected chi connectivity index (χ4v) is 4.62. The van der Waals surface area contributed by atoms with Gasteiger partial charge in [0.15, 0.2) is 6.10 Å². The van der Waals surface area contributed by atoms with Crippen LogP contribution in [0.5, 0.6) is 0 Å². The van der Waals surface area contributed by atoms with Gasteiger partial charge >= 0.3 is 5.97 Å². The second-order valence-electron chi connectivity index (χ2n) is 9.22. The van der Waals surface area contributed by atoms with E-state index in [0.29, 0.717) is 22.9 Å². The van der Waals surface area contributed by atoms with Crippen molar-refractivity contribution in [3.05, 3.63) is 111 Å². The molecule has 1 aliphatic rings. The molecule has 190 valence electrons. The molecule has 1 amide bonds. The van der Waals surface area contributed by atoms with E-state index in [-0.39, 0.29) is 11.4 Å². The molecule has 1 atom stereocenters. The SMILES string of the molecule is Cc1ccc(/C=C2\CCc3c2nc2ccccc2c3C(=O)OC(C)C(=O)Nc2ccccc2[N+](=O)[O-])cc1. The summed E-state index contributed by atoms with van der Waals surface area (Å²) in [6, 6.07) is 21.4. The normalized spacial score (nSPS) is 14.2. The highest BCUT2D eigenvalue weighted by atomic mass is 16.6. The van der Waals surface area contributed by atoms with Gasteiger partial charge in [-0.2, -0.15) is 0 Å². The number of pyridine rings is 1. The molecule has 1 unspecified atom stereocenters. The van der Waals surface area contributed by atoms with Crippen molar-refractivity contribution in [2.24, 2.45) is 0 Å². The van der Waals surface area contributed by atoms with Crippen LogP contribution < -0.4 is 5.32 Å². The van der Waals surface area contributed by atoms with Crippen molar-refractivity contribution in [2.75, 3.05) is 5.32 Å². The highest BCUT2D eigenvalue weighted by molar-refractivity contribution is 6.08. The Morgan fingerprint density at radius 3 is 2.50 bits per heavy atom. The Labute approximate surface area is 219 Å². The van der Waals surface area contributed by atoms with E-state index < -0.39 is 22.9 Å². The number of nitrogens with one attached hydrogen (secondary N) is 1. The number of hydrogen-bond acceptors (Lipinski definition) is 6. The average Bonchev–Trinajstić information content (AvgIpc) is 3.30. The fraction of sp³-hybridized carbons (Fsp3) is 0.167. The number of hydrogen-bond donors (Lipinski definition) is 1. The third-order valence-electron chi connectivity index (χ3n) is 6.58. The van der Waals surface area contributed by atoms with Crippen LogP contribution in [-0.2, 0) is 16.0 Å². The average molecular weight is 508 g/mol. The Kier molecular flexibility index (Phi) is 6.70. The zero-order valence-corrected chi connectivity index (χ0v) is 20.9. The monoisotopic (exact) mass is 507 g/mol. The van der Waals surface area contributed by atoms with E-state index in [9.17, 15) is 19.7 Å². The second-order valence-corrected chi connectivity index (χ2v) is 9.22. The molecule has 1 aromatic heterocycles. The number of allylic oxidation sites excluding steroid dienone is 1. The molecule has 8 nitrogen and oxygen atoms in total. The third-order valence-corrected chi connectivity index (χ3v) is 6.58. The van der Waals surface area contributed by atoms with Crippen molar-refractivity contribution in [3.8, 4) is 0 Å². The molecule has 38 heavy (non-hydrogen) atoms. The van der Waals surface area contributed by atoms with E-state index in [0.717, 1.165) is 28.8 Å². The maximum Gasteiger partial charge on any atom is 0.339 e. The summed E-state index contributed by atoms with van der Waals surface area (Å²) >= 11 is 0. The second kappa shape index (κ2) is 10.3. The van der Waals surface area contributed by atoms with Crippen LogP contribution >= 0.6 is 0 Å². The fourth-order valence-electron chi connectivity index (χ4n) is 4.62. The van der Waals surface area contributed by atoms with Gasteiger partial charge in [-0.25, -0.2) is 9.78 Å². The summed E-state index contributed by atoms with van der Waals surface area (Å²) in [6.45, 7) is 3.48. The largest absolute Gasteiger partial charge is 0.449 e. The van der Waals surface area contributed by atoms with Gasteiger partial charge in [0.1, 0.15) is 5.69 Å². The van der Waals surface area contributed by atoms with Crippen molar-refractivity contribution < 1.29 is 19.2 Å². The predicted molar refractivity (Wildman–Crippen MR) is 146 cm³/mol. The van der Waals surface area contributed by atoms with Crippen LogP contribution in [0, 0.1) is 17.0 Å². The van der Waals surface area contributed by atoms with Crippen molar-refractivity contribution >= 4 is 45.8 Å². The highest BCUT2D eigenvalue weighted by Crippen LogP contribution is 2.38. The van der Waals surface area contributed by atoms with Crippen LogP contribution in [0.15, 0.2) is 72.8 Å². The molecule has 8 heteroatoms. The van der Waals surface area contributed by atoms with E-state index in [2.05, 4.69) is 23.5 Å². The number of carbonyl (C=O) groups excluding carboxylic acids is 2. The van der Waals surface area contributed by atoms with Crippen LogP contribution in [-0.4, -0.2) is 27.9 Å². The molecule has 0 bridgehead atoms. The van der Waals surface area contributed by atoms with Gasteiger partial charge in [0.25, 0.3) is 11.6 Å². The number of nitro benzene ring substituents is 1. The number of amides is 1. The smallest absolute Gasteiger partial charge is 0.339 e. The molecular formula is C30H25N3O5. The number of ether oxygens (including phenoxy) is 1. The lowest BCUT2D eigenvalue weighted by Gasteiger charge is -2.16. The molecule has 0 aliphatic heterocycles. The van der Waals surface area contributed by atoms with Gasteiger partial charge in [-0.05, 0) is 61.6 Å². The van der Waals surface area contributed by atoms with Crippen LogP contribution in [0.4, 0.5) is 11.4 Å². The summed E-state index contributed by atoms with van der Waals surface area (Å²) in [5.74, 6) is -1.30. The van der Waals surface area contributed by atoms with Crippen molar-refractivity contribution in [1.82, 2.24) is 4.98 Å². The molecule has 0 saturated heterocycles. The van der Waals surface area contributed by atoms with Crippen LogP contribution in [0.1, 0.15) is 46.1 Å². The molecule has 0 spiro atoms. The summed E-state index contributed by atoms with van der Waals surface area (Å²) in [4.78, 5) is 41.9. The zero-order chi connectivity index (χ0) is 26.8. The molecule has 3 aromatic carbocycles. The molecule has 5 rings (SSSR count). The molecule has 1 heterocycles. The Morgan fingerprint density at radius 1 is 1.03 bits per heavy atom. The van der Waals surface area contributed by atoms with Crippen molar-refractivity contribution in [3.63, 3.8) is 0 Å². The number of benzene rings is 3. The van der Waals surface area contributed by atoms with Crippen molar-refractivity contribution in [1.29, 1.82) is 0 Å². The minimum Gasteiger partial charge on any atom is -0.449 e. The topological polar surface area (TPSA) is 111 Å². The summed E-state index contributed by atoms with van der Waals surface area (Å²) in [5.41, 5.74) is 5.65. The number of para-hydroxylation sites is 3. The molecule has 0 saturated carbocycles. The van der Waals surface area contributed by atoms with Gasteiger partial charge in [-0.3, -0.25) is 14.9 Å². The Hall–Kier alpha value is -4.85. The number of nitrogens with zero attached hydrogens (tertiary/aromatic N) is 2. The Bertz CT molecular complexity index is 1610. The number of aromatic nitrogens is 1. The lowest BCUT2D eigenvalue weighted by molar-refractivity contribution is -0.383. The van der Waals surface area contributed by atoms with Gasteiger partial charge in [0, 0.05) is 11.5 Å². The van der Waals surface area contributed by atoms with Crippen LogP contribution in [0.3, 0.4) is 0 Å². The minimum atomic E-state index is -1.19. The van der Waals surface area contributed by atoms with Gasteiger partial charge in [0.2, 0.25) is 0 Å².